The van der Waals surface area contributed by atoms with Crippen molar-refractivity contribution in [1.29, 1.82) is 0 Å². The van der Waals surface area contributed by atoms with E-state index in [9.17, 15) is 0 Å². The van der Waals surface area contributed by atoms with Gasteiger partial charge in [-0.25, -0.2) is 0 Å². The monoisotopic (exact) mass is 880 g/mol. The first-order valence-corrected chi connectivity index (χ1v) is 35.7. The number of allylic oxidation sites excluding steroid dienone is 2. The average molecular weight is 883 g/mol. The molecule has 4 aromatic carbocycles. The van der Waals surface area contributed by atoms with Gasteiger partial charge in [0.15, 0.2) is 0 Å². The molecule has 4 heteroatoms. The van der Waals surface area contributed by atoms with Crippen molar-refractivity contribution >= 4 is 43.8 Å². The van der Waals surface area contributed by atoms with Crippen molar-refractivity contribution in [2.45, 2.75) is 133 Å². The van der Waals surface area contributed by atoms with Gasteiger partial charge in [-0.3, -0.25) is 0 Å². The van der Waals surface area contributed by atoms with Crippen LogP contribution in [-0.4, -0.2) is 6.88 Å². The van der Waals surface area contributed by atoms with E-state index in [0.29, 0.717) is 18.1 Å². The molecule has 0 aromatic heterocycles. The van der Waals surface area contributed by atoms with Crippen molar-refractivity contribution in [1.82, 2.24) is 0 Å². The van der Waals surface area contributed by atoms with Crippen LogP contribution in [0.2, 0.25) is 9.26 Å². The van der Waals surface area contributed by atoms with Gasteiger partial charge in [0, 0.05) is 0 Å². The van der Waals surface area contributed by atoms with Crippen molar-refractivity contribution in [2.75, 3.05) is 0 Å². The van der Waals surface area contributed by atoms with Crippen LogP contribution in [0.4, 0.5) is 0 Å². The molecule has 0 radical (unpaired) electrons. The summed E-state index contributed by atoms with van der Waals surface area (Å²) in [7, 11) is 0. The van der Waals surface area contributed by atoms with Gasteiger partial charge in [0.25, 0.3) is 0 Å². The van der Waals surface area contributed by atoms with Crippen LogP contribution in [0.25, 0.3) is 34.4 Å². The number of hydrogen-bond donors (Lipinski definition) is 0. The predicted octanol–water partition coefficient (Wildman–Crippen LogP) is 16.1. The van der Waals surface area contributed by atoms with Crippen LogP contribution in [0.5, 0.6) is 0 Å². The Hall–Kier alpha value is -1.96. The molecule has 4 aliphatic carbocycles. The molecule has 2 fully saturated rings. The first kappa shape index (κ1) is 43.6. The Morgan fingerprint density at radius 2 is 0.857 bits per heavy atom. The minimum atomic E-state index is -3.92. The normalized spacial score (nSPS) is 21.6. The zero-order chi connectivity index (χ0) is 37.4. The number of halogens is 2. The maximum absolute atomic E-state index is 3.92. The van der Waals surface area contributed by atoms with E-state index in [-0.39, 0.29) is 24.8 Å². The smallest absolute Gasteiger partial charge is 0.147 e. The quantitative estimate of drug-likeness (QED) is 0.110. The third-order valence-electron chi connectivity index (χ3n) is 15.4. The molecule has 2 saturated carbocycles. The van der Waals surface area contributed by atoms with E-state index in [2.05, 4.69) is 139 Å². The van der Waals surface area contributed by atoms with Crippen LogP contribution in [0.1, 0.15) is 146 Å². The minimum absolute atomic E-state index is 0. The zero-order valence-electron chi connectivity index (χ0n) is 34.9. The molecular weight excluding hydrogens is 815 g/mol. The van der Waals surface area contributed by atoms with Gasteiger partial charge in [-0.2, -0.15) is 0 Å². The van der Waals surface area contributed by atoms with Crippen molar-refractivity contribution in [3.8, 4) is 22.3 Å². The molecule has 4 aromatic rings. The Kier molecular flexibility index (Phi) is 13.8. The molecule has 0 aliphatic heterocycles. The summed E-state index contributed by atoms with van der Waals surface area (Å²) in [6, 6.07) is 37.4. The molecule has 0 nitrogen and oxygen atoms in total. The standard InChI is InChI=1S/2C25H29.2CH3.2ClH.H2Si.Zr/c2*1-2-25(15-8-3-4-9-16-25)19-20-17-22-13-10-14-23(24(22)18-20)21-11-6-5-7-12-21;;;;;;/h2*5-7,10-14,17-18H,2-4,8-9,15-16,19H2,1H3;2*1H3;2*1H;1H2;. The SMILES string of the molecule is CCC1(CC2=Cc3c(-c4ccccc4)cccc3[CH]2[Zr]([CH3])([CH3])(=[SiH2])[CH]2C(CC3(CC)CCCCCC3)=Cc3c(-c4ccccc4)cccc32)CCCCCC1.Cl.Cl. The first-order chi connectivity index (χ1) is 26.1. The molecule has 8 rings (SSSR count). The Morgan fingerprint density at radius 1 is 0.500 bits per heavy atom. The summed E-state index contributed by atoms with van der Waals surface area (Å²) < 4.78 is 6.93. The van der Waals surface area contributed by atoms with Crippen LogP contribution >= 0.6 is 24.8 Å². The van der Waals surface area contributed by atoms with E-state index in [1.807, 2.05) is 0 Å². The van der Waals surface area contributed by atoms with Gasteiger partial charge in [0.05, 0.1) is 0 Å². The van der Waals surface area contributed by atoms with E-state index in [0.717, 1.165) is 0 Å². The van der Waals surface area contributed by atoms with Crippen LogP contribution in [0.3, 0.4) is 0 Å². The fourth-order valence-corrected chi connectivity index (χ4v) is 32.2. The molecule has 2 unspecified atom stereocenters. The Bertz CT molecular complexity index is 1940. The van der Waals surface area contributed by atoms with Crippen LogP contribution in [-0.2, 0) is 17.4 Å². The molecule has 0 spiro atoms. The molecule has 0 amide bonds. The van der Waals surface area contributed by atoms with Crippen molar-refractivity contribution < 1.29 is 17.4 Å². The second-order valence-electron chi connectivity index (χ2n) is 19.5. The van der Waals surface area contributed by atoms with Gasteiger partial charge in [0.1, 0.15) is 0 Å². The van der Waals surface area contributed by atoms with Crippen LogP contribution in [0.15, 0.2) is 108 Å². The van der Waals surface area contributed by atoms with Crippen molar-refractivity contribution in [3.05, 3.63) is 130 Å². The third-order valence-corrected chi connectivity index (χ3v) is 32.9. The molecule has 0 bridgehead atoms. The fourth-order valence-electron chi connectivity index (χ4n) is 12.5. The number of rotatable bonds is 10. The van der Waals surface area contributed by atoms with E-state index in [1.54, 1.807) is 22.3 Å². The molecule has 298 valence electrons. The van der Waals surface area contributed by atoms with Gasteiger partial charge < -0.3 is 0 Å². The zero-order valence-corrected chi connectivity index (χ0v) is 40.4. The molecular formula is C52H68Cl2SiZr. The molecule has 2 atom stereocenters. The summed E-state index contributed by atoms with van der Waals surface area (Å²) in [5, 5.41) is 0. The number of fused-ring (bicyclic) bond motifs is 2. The number of hydrogen-bond acceptors (Lipinski definition) is 0. The second kappa shape index (κ2) is 17.7. The molecule has 0 heterocycles. The predicted molar refractivity (Wildman–Crippen MR) is 250 cm³/mol. The fraction of sp³-hybridized carbons (Fsp3) is 0.462. The summed E-state index contributed by atoms with van der Waals surface area (Å²) in [4.78, 5) is 0. The Labute approximate surface area is 355 Å². The third kappa shape index (κ3) is 8.27. The summed E-state index contributed by atoms with van der Waals surface area (Å²) in [5.74, 6) is 0. The summed E-state index contributed by atoms with van der Waals surface area (Å²) in [6.07, 6.45) is 27.6. The van der Waals surface area contributed by atoms with Gasteiger partial charge in [-0.1, -0.05) is 0 Å². The van der Waals surface area contributed by atoms with E-state index >= 15 is 0 Å². The summed E-state index contributed by atoms with van der Waals surface area (Å²) in [5.41, 5.74) is 16.4. The largest absolute Gasteiger partial charge is 0.147 e. The minimum Gasteiger partial charge on any atom is -0.147 e. The van der Waals surface area contributed by atoms with Crippen molar-refractivity contribution in [2.24, 2.45) is 10.8 Å². The van der Waals surface area contributed by atoms with Crippen LogP contribution in [0, 0.1) is 10.8 Å². The summed E-state index contributed by atoms with van der Waals surface area (Å²) >= 11 is -3.92. The second-order valence-corrected chi connectivity index (χ2v) is 50.0. The van der Waals surface area contributed by atoms with Gasteiger partial charge >= 0.3 is 333 Å². The average Bonchev–Trinajstić information content (AvgIpc) is 3.55. The maximum Gasteiger partial charge on any atom is -0.147 e. The van der Waals surface area contributed by atoms with Gasteiger partial charge in [-0.05, 0) is 0 Å². The van der Waals surface area contributed by atoms with E-state index in [4.69, 9.17) is 0 Å². The molecule has 56 heavy (non-hydrogen) atoms. The molecule has 4 aliphatic rings. The first-order valence-electron chi connectivity index (χ1n) is 22.0. The Balaban J connectivity index is 0.00000266. The Morgan fingerprint density at radius 3 is 1.20 bits per heavy atom. The summed E-state index contributed by atoms with van der Waals surface area (Å²) in [6.45, 7) is 7.62. The van der Waals surface area contributed by atoms with E-state index in [1.165, 1.54) is 136 Å². The molecule has 0 saturated heterocycles. The van der Waals surface area contributed by atoms with E-state index < -0.39 is 17.4 Å². The topological polar surface area (TPSA) is 0 Å². The maximum atomic E-state index is 2.92. The molecule has 0 N–H and O–H groups in total. The van der Waals surface area contributed by atoms with Gasteiger partial charge in [-0.15, -0.1) is 24.8 Å². The van der Waals surface area contributed by atoms with Crippen LogP contribution < -0.4 is 0 Å². The van der Waals surface area contributed by atoms with Crippen molar-refractivity contribution in [3.63, 3.8) is 0 Å². The van der Waals surface area contributed by atoms with Gasteiger partial charge in [0.2, 0.25) is 0 Å². The number of benzene rings is 4.